The summed E-state index contributed by atoms with van der Waals surface area (Å²) in [5.41, 5.74) is 0.676. The van der Waals surface area contributed by atoms with Gasteiger partial charge < -0.3 is 14.7 Å². The van der Waals surface area contributed by atoms with Crippen LogP contribution in [0, 0.1) is 0 Å². The number of likely N-dealkylation sites (N-methyl/N-ethyl adjacent to an activating group) is 1. The van der Waals surface area contributed by atoms with Gasteiger partial charge in [0.15, 0.2) is 5.75 Å². The van der Waals surface area contributed by atoms with Gasteiger partial charge in [-0.2, -0.15) is 0 Å². The average molecular weight is 292 g/mol. The van der Waals surface area contributed by atoms with E-state index in [2.05, 4.69) is 0 Å². The minimum atomic E-state index is -1.15. The van der Waals surface area contributed by atoms with Gasteiger partial charge in [0.1, 0.15) is 5.56 Å². The van der Waals surface area contributed by atoms with Crippen LogP contribution in [0.3, 0.4) is 0 Å². The molecule has 1 aromatic carbocycles. The summed E-state index contributed by atoms with van der Waals surface area (Å²) in [6.45, 7) is 0.783. The summed E-state index contributed by atoms with van der Waals surface area (Å²) in [7, 11) is 5.26. The third-order valence-electron chi connectivity index (χ3n) is 2.49. The van der Waals surface area contributed by atoms with Crippen LogP contribution in [0.15, 0.2) is 6.07 Å². The molecular formula is C12H15Cl2NO3. The summed E-state index contributed by atoms with van der Waals surface area (Å²) in [6, 6.07) is 1.58. The molecule has 0 bridgehead atoms. The van der Waals surface area contributed by atoms with E-state index < -0.39 is 5.97 Å². The van der Waals surface area contributed by atoms with Crippen LogP contribution in [0.1, 0.15) is 15.9 Å². The molecule has 0 radical (unpaired) electrons. The van der Waals surface area contributed by atoms with Gasteiger partial charge in [-0.25, -0.2) is 4.79 Å². The highest BCUT2D eigenvalue weighted by Gasteiger charge is 2.21. The number of halogens is 2. The van der Waals surface area contributed by atoms with Crippen molar-refractivity contribution in [2.75, 3.05) is 27.7 Å². The first-order valence-electron chi connectivity index (χ1n) is 5.31. The van der Waals surface area contributed by atoms with Crippen LogP contribution in [0.4, 0.5) is 0 Å². The Hall–Kier alpha value is -0.970. The number of carbonyl (C=O) groups is 1. The minimum absolute atomic E-state index is 0.0993. The maximum atomic E-state index is 11.1. The van der Waals surface area contributed by atoms with E-state index in [4.69, 9.17) is 33.0 Å². The van der Waals surface area contributed by atoms with Crippen molar-refractivity contribution in [2.24, 2.45) is 0 Å². The number of aromatic carboxylic acids is 1. The van der Waals surface area contributed by atoms with Gasteiger partial charge in [-0.15, -0.1) is 0 Å². The van der Waals surface area contributed by atoms with Crippen molar-refractivity contribution in [3.63, 3.8) is 0 Å². The molecule has 1 N–H and O–H groups in total. The average Bonchev–Trinajstić information content (AvgIpc) is 2.28. The van der Waals surface area contributed by atoms with Gasteiger partial charge in [0.05, 0.1) is 17.2 Å². The Balaban J connectivity index is 3.24. The molecule has 4 nitrogen and oxygen atoms in total. The van der Waals surface area contributed by atoms with Crippen LogP contribution in [-0.4, -0.2) is 43.7 Å². The number of rotatable bonds is 5. The molecule has 1 aromatic rings. The van der Waals surface area contributed by atoms with Crippen LogP contribution in [0.25, 0.3) is 0 Å². The van der Waals surface area contributed by atoms with Crippen molar-refractivity contribution < 1.29 is 14.6 Å². The number of ether oxygens (including phenoxy) is 1. The van der Waals surface area contributed by atoms with Crippen LogP contribution >= 0.6 is 23.2 Å². The molecule has 0 spiro atoms. The minimum Gasteiger partial charge on any atom is -0.494 e. The molecule has 0 aliphatic carbocycles. The molecule has 0 amide bonds. The van der Waals surface area contributed by atoms with Gasteiger partial charge in [0.2, 0.25) is 0 Å². The zero-order valence-electron chi connectivity index (χ0n) is 10.5. The first-order valence-corrected chi connectivity index (χ1v) is 6.07. The molecule has 0 unspecified atom stereocenters. The van der Waals surface area contributed by atoms with Crippen LogP contribution in [-0.2, 0) is 6.42 Å². The fraction of sp³-hybridized carbons (Fsp3) is 0.417. The number of hydrogen-bond donors (Lipinski definition) is 1. The second-order valence-corrected chi connectivity index (χ2v) is 4.88. The predicted octanol–water partition coefficient (Wildman–Crippen LogP) is 2.80. The molecule has 6 heteroatoms. The van der Waals surface area contributed by atoms with Crippen LogP contribution in [0.2, 0.25) is 10.0 Å². The summed E-state index contributed by atoms with van der Waals surface area (Å²) < 4.78 is 5.05. The summed E-state index contributed by atoms with van der Waals surface area (Å²) >= 11 is 12.1. The molecule has 0 aliphatic rings. The van der Waals surface area contributed by atoms with Crippen molar-refractivity contribution in [3.05, 3.63) is 27.2 Å². The SMILES string of the molecule is COc1c(Cl)c(CCN(C)C)cc(Cl)c1C(=O)O. The zero-order valence-corrected chi connectivity index (χ0v) is 12.0. The molecule has 18 heavy (non-hydrogen) atoms. The summed E-state index contributed by atoms with van der Waals surface area (Å²) in [4.78, 5) is 13.1. The van der Waals surface area contributed by atoms with Gasteiger partial charge in [-0.05, 0) is 32.1 Å². The first kappa shape index (κ1) is 15.1. The van der Waals surface area contributed by atoms with E-state index >= 15 is 0 Å². The number of hydrogen-bond acceptors (Lipinski definition) is 3. The van der Waals surface area contributed by atoms with Gasteiger partial charge in [0, 0.05) is 6.54 Å². The Morgan fingerprint density at radius 1 is 1.44 bits per heavy atom. The molecule has 0 heterocycles. The smallest absolute Gasteiger partial charge is 0.341 e. The van der Waals surface area contributed by atoms with Gasteiger partial charge >= 0.3 is 5.97 Å². The Kier molecular flexibility index (Phi) is 5.26. The lowest BCUT2D eigenvalue weighted by atomic mass is 10.1. The van der Waals surface area contributed by atoms with Gasteiger partial charge in [-0.1, -0.05) is 23.2 Å². The molecule has 0 saturated heterocycles. The Bertz CT molecular complexity index is 461. The highest BCUT2D eigenvalue weighted by molar-refractivity contribution is 6.37. The lowest BCUT2D eigenvalue weighted by Gasteiger charge is -2.15. The molecule has 0 aliphatic heterocycles. The Morgan fingerprint density at radius 3 is 2.50 bits per heavy atom. The second kappa shape index (κ2) is 6.27. The van der Waals surface area contributed by atoms with Crippen molar-refractivity contribution >= 4 is 29.2 Å². The topological polar surface area (TPSA) is 49.8 Å². The van der Waals surface area contributed by atoms with Crippen molar-refractivity contribution in [3.8, 4) is 5.75 Å². The molecule has 0 saturated carbocycles. The highest BCUT2D eigenvalue weighted by Crippen LogP contribution is 2.37. The fourth-order valence-electron chi connectivity index (χ4n) is 1.57. The monoisotopic (exact) mass is 291 g/mol. The molecule has 0 fully saturated rings. The Labute approximate surface area is 116 Å². The quantitative estimate of drug-likeness (QED) is 0.906. The normalized spacial score (nSPS) is 10.8. The number of benzene rings is 1. The Morgan fingerprint density at radius 2 is 2.06 bits per heavy atom. The second-order valence-electron chi connectivity index (χ2n) is 4.10. The first-order chi connectivity index (χ1) is 8.38. The van der Waals surface area contributed by atoms with Crippen LogP contribution < -0.4 is 4.74 Å². The van der Waals surface area contributed by atoms with E-state index in [1.54, 1.807) is 6.07 Å². The van der Waals surface area contributed by atoms with Crippen molar-refractivity contribution in [1.82, 2.24) is 4.90 Å². The lowest BCUT2D eigenvalue weighted by molar-refractivity contribution is 0.0693. The number of carboxylic acid groups (broad SMARTS) is 1. The zero-order chi connectivity index (χ0) is 13.9. The highest BCUT2D eigenvalue weighted by atomic mass is 35.5. The van der Waals surface area contributed by atoms with E-state index in [0.717, 1.165) is 12.1 Å². The third kappa shape index (κ3) is 3.28. The molecular weight excluding hydrogens is 277 g/mol. The van der Waals surface area contributed by atoms with E-state index in [1.165, 1.54) is 7.11 Å². The summed E-state index contributed by atoms with van der Waals surface area (Å²) in [5, 5.41) is 9.52. The predicted molar refractivity (Wildman–Crippen MR) is 72.2 cm³/mol. The molecule has 100 valence electrons. The number of nitrogens with zero attached hydrogens (tertiary/aromatic N) is 1. The van der Waals surface area contributed by atoms with Crippen molar-refractivity contribution in [1.29, 1.82) is 0 Å². The number of methoxy groups -OCH3 is 1. The molecule has 0 atom stereocenters. The standard InChI is InChI=1S/C12H15Cl2NO3/c1-15(2)5-4-7-6-8(13)9(12(16)17)11(18-3)10(7)14/h6H,4-5H2,1-3H3,(H,16,17). The summed E-state index contributed by atoms with van der Waals surface area (Å²) in [5.74, 6) is -1.04. The fourth-order valence-corrected chi connectivity index (χ4v) is 2.19. The third-order valence-corrected chi connectivity index (χ3v) is 3.21. The van der Waals surface area contributed by atoms with Gasteiger partial charge in [0.25, 0.3) is 0 Å². The maximum Gasteiger partial charge on any atom is 0.341 e. The largest absolute Gasteiger partial charge is 0.494 e. The molecule has 0 aromatic heterocycles. The van der Waals surface area contributed by atoms with Crippen LogP contribution in [0.5, 0.6) is 5.75 Å². The van der Waals surface area contributed by atoms with E-state index in [0.29, 0.717) is 11.4 Å². The van der Waals surface area contributed by atoms with E-state index in [9.17, 15) is 4.79 Å². The molecule has 1 rings (SSSR count). The van der Waals surface area contributed by atoms with E-state index in [-0.39, 0.29) is 16.3 Å². The maximum absolute atomic E-state index is 11.1. The van der Waals surface area contributed by atoms with Crippen molar-refractivity contribution in [2.45, 2.75) is 6.42 Å². The number of carboxylic acids is 1. The lowest BCUT2D eigenvalue weighted by Crippen LogP contribution is -2.15. The van der Waals surface area contributed by atoms with Gasteiger partial charge in [-0.3, -0.25) is 0 Å². The van der Waals surface area contributed by atoms with E-state index in [1.807, 2.05) is 19.0 Å². The summed E-state index contributed by atoms with van der Waals surface area (Å²) in [6.07, 6.45) is 0.668.